The maximum absolute atomic E-state index is 9.79. The number of aromatic hydroxyl groups is 2. The molecule has 0 unspecified atom stereocenters. The van der Waals surface area contributed by atoms with E-state index in [1.54, 1.807) is 13.2 Å². The molecular weight excluding hydrogens is 218 g/mol. The normalized spacial score (nSPS) is 19.1. The highest BCUT2D eigenvalue weighted by Crippen LogP contribution is 2.32. The van der Waals surface area contributed by atoms with Crippen molar-refractivity contribution in [2.75, 3.05) is 20.2 Å². The van der Waals surface area contributed by atoms with E-state index in [4.69, 9.17) is 4.74 Å². The van der Waals surface area contributed by atoms with Crippen LogP contribution in [0.5, 0.6) is 11.5 Å². The van der Waals surface area contributed by atoms with Crippen molar-refractivity contribution in [1.82, 2.24) is 5.32 Å². The molecular formula is C13H19NO3. The van der Waals surface area contributed by atoms with Crippen LogP contribution in [0.1, 0.15) is 18.4 Å². The Bertz CT molecular complexity index is 386. The van der Waals surface area contributed by atoms with E-state index in [0.717, 1.165) is 31.5 Å². The zero-order chi connectivity index (χ0) is 12.3. The molecule has 3 N–H and O–H groups in total. The standard InChI is InChI=1S/C13H19NO3/c1-17-13(4-6-14-7-5-13)9-10-8-11(15)2-3-12(10)16/h2-3,8,14-16H,4-7,9H2,1H3. The van der Waals surface area contributed by atoms with Crippen LogP contribution in [-0.2, 0) is 11.2 Å². The summed E-state index contributed by atoms with van der Waals surface area (Å²) in [6.07, 6.45) is 2.46. The Morgan fingerprint density at radius 3 is 2.65 bits per heavy atom. The fraction of sp³-hybridized carbons (Fsp3) is 0.538. The average Bonchev–Trinajstić information content (AvgIpc) is 2.35. The molecule has 1 aliphatic heterocycles. The fourth-order valence-electron chi connectivity index (χ4n) is 2.40. The summed E-state index contributed by atoms with van der Waals surface area (Å²) >= 11 is 0. The van der Waals surface area contributed by atoms with Gasteiger partial charge < -0.3 is 20.3 Å². The van der Waals surface area contributed by atoms with Crippen molar-refractivity contribution >= 4 is 0 Å². The molecule has 1 fully saturated rings. The van der Waals surface area contributed by atoms with Crippen molar-refractivity contribution in [3.63, 3.8) is 0 Å². The first-order valence-corrected chi connectivity index (χ1v) is 5.92. The van der Waals surface area contributed by atoms with Gasteiger partial charge in [0.2, 0.25) is 0 Å². The van der Waals surface area contributed by atoms with Crippen LogP contribution in [0.3, 0.4) is 0 Å². The predicted molar refractivity (Wildman–Crippen MR) is 65.3 cm³/mol. The second kappa shape index (κ2) is 4.94. The molecule has 1 saturated heterocycles. The Kier molecular flexibility index (Phi) is 3.54. The SMILES string of the molecule is COC1(Cc2cc(O)ccc2O)CCNCC1. The van der Waals surface area contributed by atoms with Gasteiger partial charge >= 0.3 is 0 Å². The van der Waals surface area contributed by atoms with Gasteiger partial charge in [-0.15, -0.1) is 0 Å². The van der Waals surface area contributed by atoms with E-state index >= 15 is 0 Å². The van der Waals surface area contributed by atoms with Crippen LogP contribution < -0.4 is 5.32 Å². The highest BCUT2D eigenvalue weighted by molar-refractivity contribution is 5.39. The van der Waals surface area contributed by atoms with E-state index in [-0.39, 0.29) is 17.1 Å². The number of methoxy groups -OCH3 is 1. The third-order valence-corrected chi connectivity index (χ3v) is 3.52. The monoisotopic (exact) mass is 237 g/mol. The lowest BCUT2D eigenvalue weighted by Gasteiger charge is -2.36. The molecule has 94 valence electrons. The minimum Gasteiger partial charge on any atom is -0.508 e. The molecule has 17 heavy (non-hydrogen) atoms. The molecule has 2 rings (SSSR count). The second-order valence-electron chi connectivity index (χ2n) is 4.63. The Morgan fingerprint density at radius 1 is 1.29 bits per heavy atom. The number of benzene rings is 1. The molecule has 1 aromatic rings. The summed E-state index contributed by atoms with van der Waals surface area (Å²) in [5, 5.41) is 22.5. The van der Waals surface area contributed by atoms with Gasteiger partial charge in [0.05, 0.1) is 5.60 Å². The van der Waals surface area contributed by atoms with Crippen LogP contribution in [0.2, 0.25) is 0 Å². The van der Waals surface area contributed by atoms with Crippen LogP contribution >= 0.6 is 0 Å². The first kappa shape index (κ1) is 12.2. The van der Waals surface area contributed by atoms with Crippen LogP contribution in [0.25, 0.3) is 0 Å². The lowest BCUT2D eigenvalue weighted by atomic mass is 9.85. The van der Waals surface area contributed by atoms with E-state index in [1.807, 2.05) is 0 Å². The minimum atomic E-state index is -0.226. The molecule has 0 atom stereocenters. The van der Waals surface area contributed by atoms with Crippen LogP contribution in [-0.4, -0.2) is 36.0 Å². The summed E-state index contributed by atoms with van der Waals surface area (Å²) in [5.41, 5.74) is 0.519. The van der Waals surface area contributed by atoms with Crippen molar-refractivity contribution in [2.24, 2.45) is 0 Å². The molecule has 0 bridgehead atoms. The number of ether oxygens (including phenoxy) is 1. The van der Waals surface area contributed by atoms with Gasteiger partial charge in [-0.2, -0.15) is 0 Å². The third-order valence-electron chi connectivity index (χ3n) is 3.52. The zero-order valence-electron chi connectivity index (χ0n) is 10.1. The third kappa shape index (κ3) is 2.70. The van der Waals surface area contributed by atoms with E-state index in [9.17, 15) is 10.2 Å². The van der Waals surface area contributed by atoms with Crippen molar-refractivity contribution in [1.29, 1.82) is 0 Å². The summed E-state index contributed by atoms with van der Waals surface area (Å²) in [6.45, 7) is 1.85. The number of phenols is 2. The Balaban J connectivity index is 2.20. The highest BCUT2D eigenvalue weighted by Gasteiger charge is 2.32. The zero-order valence-corrected chi connectivity index (χ0v) is 10.1. The first-order chi connectivity index (χ1) is 8.15. The highest BCUT2D eigenvalue weighted by atomic mass is 16.5. The fourth-order valence-corrected chi connectivity index (χ4v) is 2.40. The summed E-state index contributed by atoms with van der Waals surface area (Å²) in [4.78, 5) is 0. The van der Waals surface area contributed by atoms with Crippen molar-refractivity contribution in [3.8, 4) is 11.5 Å². The average molecular weight is 237 g/mol. The van der Waals surface area contributed by atoms with Crippen LogP contribution in [0.4, 0.5) is 0 Å². The van der Waals surface area contributed by atoms with Crippen molar-refractivity contribution in [2.45, 2.75) is 24.9 Å². The van der Waals surface area contributed by atoms with Crippen molar-refractivity contribution < 1.29 is 14.9 Å². The number of phenolic OH excluding ortho intramolecular Hbond substituents is 2. The molecule has 4 nitrogen and oxygen atoms in total. The Labute approximate surface area is 101 Å². The molecule has 4 heteroatoms. The van der Waals surface area contributed by atoms with Gasteiger partial charge in [-0.3, -0.25) is 0 Å². The number of hydrogen-bond acceptors (Lipinski definition) is 4. The second-order valence-corrected chi connectivity index (χ2v) is 4.63. The molecule has 1 aliphatic rings. The predicted octanol–water partition coefficient (Wildman–Crippen LogP) is 1.41. The van der Waals surface area contributed by atoms with Crippen molar-refractivity contribution in [3.05, 3.63) is 23.8 Å². The van der Waals surface area contributed by atoms with Gasteiger partial charge in [-0.1, -0.05) is 0 Å². The summed E-state index contributed by atoms with van der Waals surface area (Å²) in [7, 11) is 1.71. The van der Waals surface area contributed by atoms with Gasteiger partial charge in [-0.25, -0.2) is 0 Å². The van der Waals surface area contributed by atoms with Crippen LogP contribution in [0, 0.1) is 0 Å². The van der Waals surface area contributed by atoms with E-state index in [0.29, 0.717) is 6.42 Å². The van der Waals surface area contributed by atoms with E-state index in [2.05, 4.69) is 5.32 Å². The molecule has 0 radical (unpaired) electrons. The summed E-state index contributed by atoms with van der Waals surface area (Å²) in [5.74, 6) is 0.399. The van der Waals surface area contributed by atoms with E-state index < -0.39 is 0 Å². The smallest absolute Gasteiger partial charge is 0.119 e. The van der Waals surface area contributed by atoms with Crippen LogP contribution in [0.15, 0.2) is 18.2 Å². The molecule has 0 saturated carbocycles. The number of nitrogens with one attached hydrogen (secondary N) is 1. The molecule has 0 aromatic heterocycles. The quantitative estimate of drug-likeness (QED) is 0.696. The van der Waals surface area contributed by atoms with E-state index in [1.165, 1.54) is 12.1 Å². The topological polar surface area (TPSA) is 61.7 Å². The van der Waals surface area contributed by atoms with Gasteiger partial charge in [-0.05, 0) is 44.1 Å². The lowest BCUT2D eigenvalue weighted by molar-refractivity contribution is -0.0337. The Hall–Kier alpha value is -1.26. The number of rotatable bonds is 3. The maximum atomic E-state index is 9.79. The molecule has 0 aliphatic carbocycles. The minimum absolute atomic E-state index is 0.179. The Morgan fingerprint density at radius 2 is 2.00 bits per heavy atom. The number of piperidine rings is 1. The first-order valence-electron chi connectivity index (χ1n) is 5.92. The molecule has 1 aromatic carbocycles. The molecule has 0 spiro atoms. The maximum Gasteiger partial charge on any atom is 0.119 e. The van der Waals surface area contributed by atoms with Gasteiger partial charge in [0, 0.05) is 19.1 Å². The van der Waals surface area contributed by atoms with Gasteiger partial charge in [0.25, 0.3) is 0 Å². The molecule has 1 heterocycles. The van der Waals surface area contributed by atoms with Gasteiger partial charge in [0.15, 0.2) is 0 Å². The number of hydrogen-bond donors (Lipinski definition) is 3. The molecule has 0 amide bonds. The van der Waals surface area contributed by atoms with Gasteiger partial charge in [0.1, 0.15) is 11.5 Å². The largest absolute Gasteiger partial charge is 0.508 e. The summed E-state index contributed by atoms with van der Waals surface area (Å²) < 4.78 is 5.64. The summed E-state index contributed by atoms with van der Waals surface area (Å²) in [6, 6.07) is 4.62. The lowest BCUT2D eigenvalue weighted by Crippen LogP contribution is -2.44.